The summed E-state index contributed by atoms with van der Waals surface area (Å²) in [7, 11) is 1.53. The fourth-order valence-electron chi connectivity index (χ4n) is 2.60. The number of ether oxygens (including phenoxy) is 1. The Labute approximate surface area is 166 Å². The van der Waals surface area contributed by atoms with Crippen LogP contribution in [0.4, 0.5) is 5.13 Å². The molecule has 2 aromatic carbocycles. The molecular weight excluding hydrogens is 384 g/mol. The number of halogens is 1. The maximum Gasteiger partial charge on any atom is 0.230 e. The molecule has 1 amide bonds. The largest absolute Gasteiger partial charge is 0.496 e. The predicted molar refractivity (Wildman–Crippen MR) is 108 cm³/mol. The van der Waals surface area contributed by atoms with Crippen molar-refractivity contribution in [3.05, 3.63) is 64.0 Å². The van der Waals surface area contributed by atoms with Crippen molar-refractivity contribution in [2.45, 2.75) is 13.3 Å². The van der Waals surface area contributed by atoms with E-state index in [0.717, 1.165) is 5.56 Å². The van der Waals surface area contributed by atoms with Crippen LogP contribution in [-0.2, 0) is 11.2 Å². The van der Waals surface area contributed by atoms with Crippen LogP contribution in [0, 0.1) is 0 Å². The number of aromatic nitrogens is 1. The number of hydrogen-bond acceptors (Lipinski definition) is 5. The molecule has 138 valence electrons. The van der Waals surface area contributed by atoms with Gasteiger partial charge in [-0.1, -0.05) is 29.8 Å². The number of thiazole rings is 1. The van der Waals surface area contributed by atoms with Gasteiger partial charge in [0.15, 0.2) is 10.9 Å². The summed E-state index contributed by atoms with van der Waals surface area (Å²) in [6.07, 6.45) is 0.0747. The highest BCUT2D eigenvalue weighted by Crippen LogP contribution is 2.30. The molecule has 3 rings (SSSR count). The minimum Gasteiger partial charge on any atom is -0.496 e. The summed E-state index contributed by atoms with van der Waals surface area (Å²) in [4.78, 5) is 28.4. The normalized spacial score (nSPS) is 10.5. The van der Waals surface area contributed by atoms with Gasteiger partial charge in [-0.3, -0.25) is 9.59 Å². The van der Waals surface area contributed by atoms with Gasteiger partial charge in [0.2, 0.25) is 5.91 Å². The minimum atomic E-state index is -0.242. The van der Waals surface area contributed by atoms with Crippen molar-refractivity contribution in [1.82, 2.24) is 4.98 Å². The van der Waals surface area contributed by atoms with Crippen LogP contribution < -0.4 is 10.1 Å². The van der Waals surface area contributed by atoms with Gasteiger partial charge in [-0.25, -0.2) is 4.98 Å². The molecule has 0 fully saturated rings. The summed E-state index contributed by atoms with van der Waals surface area (Å²) in [5.74, 6) is 0.253. The molecule has 0 saturated carbocycles. The van der Waals surface area contributed by atoms with Crippen molar-refractivity contribution in [1.29, 1.82) is 0 Å². The second-order valence-electron chi connectivity index (χ2n) is 5.83. The lowest BCUT2D eigenvalue weighted by Gasteiger charge is -2.09. The molecule has 0 atom stereocenters. The number of nitrogens with one attached hydrogen (secondary N) is 1. The maximum atomic E-state index is 12.4. The second kappa shape index (κ2) is 8.33. The third kappa shape index (κ3) is 4.53. The van der Waals surface area contributed by atoms with Crippen LogP contribution in [0.5, 0.6) is 5.75 Å². The second-order valence-corrected chi connectivity index (χ2v) is 7.09. The lowest BCUT2D eigenvalue weighted by atomic mass is 10.0. The van der Waals surface area contributed by atoms with E-state index in [0.29, 0.717) is 32.7 Å². The van der Waals surface area contributed by atoms with Crippen LogP contribution in [0.1, 0.15) is 22.8 Å². The number of nitrogens with zero attached hydrogens (tertiary/aromatic N) is 1. The summed E-state index contributed by atoms with van der Waals surface area (Å²) >= 11 is 7.51. The minimum absolute atomic E-state index is 0.0661. The average molecular weight is 401 g/mol. The van der Waals surface area contributed by atoms with E-state index in [4.69, 9.17) is 16.3 Å². The number of benzene rings is 2. The summed E-state index contributed by atoms with van der Waals surface area (Å²) in [5, 5.41) is 5.71. The van der Waals surface area contributed by atoms with Crippen LogP contribution >= 0.6 is 22.9 Å². The zero-order chi connectivity index (χ0) is 19.4. The highest BCUT2D eigenvalue weighted by atomic mass is 35.5. The number of ketones is 1. The molecule has 0 aliphatic rings. The van der Waals surface area contributed by atoms with Gasteiger partial charge in [0.1, 0.15) is 5.75 Å². The third-order valence-corrected chi connectivity index (χ3v) is 5.03. The van der Waals surface area contributed by atoms with Crippen LogP contribution in [0.25, 0.3) is 11.3 Å². The molecule has 0 spiro atoms. The van der Waals surface area contributed by atoms with Gasteiger partial charge < -0.3 is 10.1 Å². The highest BCUT2D eigenvalue weighted by Gasteiger charge is 2.14. The zero-order valence-electron chi connectivity index (χ0n) is 14.8. The number of carbonyl (C=O) groups excluding carboxylic acids is 2. The van der Waals surface area contributed by atoms with Gasteiger partial charge in [0.25, 0.3) is 0 Å². The summed E-state index contributed by atoms with van der Waals surface area (Å²) in [6.45, 7) is 1.48. The highest BCUT2D eigenvalue weighted by molar-refractivity contribution is 7.14. The Balaban J connectivity index is 1.75. The third-order valence-electron chi connectivity index (χ3n) is 3.94. The molecule has 27 heavy (non-hydrogen) atoms. The summed E-state index contributed by atoms with van der Waals surface area (Å²) in [6, 6.07) is 12.5. The first-order chi connectivity index (χ1) is 13.0. The van der Waals surface area contributed by atoms with Crippen molar-refractivity contribution in [3.63, 3.8) is 0 Å². The SMILES string of the molecule is COc1ccc(C(C)=O)cc1CC(=O)Nc1nc(-c2ccccc2Cl)cs1. The van der Waals surface area contributed by atoms with Gasteiger partial charge >= 0.3 is 0 Å². The molecule has 0 aliphatic heterocycles. The molecule has 1 N–H and O–H groups in total. The van der Waals surface area contributed by atoms with E-state index < -0.39 is 0 Å². The Bertz CT molecular complexity index is 1000. The molecule has 7 heteroatoms. The van der Waals surface area contributed by atoms with Crippen LogP contribution in [0.2, 0.25) is 5.02 Å². The van der Waals surface area contributed by atoms with Crippen LogP contribution in [0.15, 0.2) is 47.8 Å². The van der Waals surface area contributed by atoms with E-state index in [2.05, 4.69) is 10.3 Å². The van der Waals surface area contributed by atoms with E-state index in [1.807, 2.05) is 23.6 Å². The number of methoxy groups -OCH3 is 1. The van der Waals surface area contributed by atoms with Crippen molar-refractivity contribution >= 4 is 39.8 Å². The van der Waals surface area contributed by atoms with Gasteiger partial charge in [0, 0.05) is 27.1 Å². The lowest BCUT2D eigenvalue weighted by molar-refractivity contribution is -0.115. The van der Waals surface area contributed by atoms with E-state index >= 15 is 0 Å². The summed E-state index contributed by atoms with van der Waals surface area (Å²) in [5.41, 5.74) is 2.70. The standard InChI is InChI=1S/C20H17ClN2O3S/c1-12(24)13-7-8-18(26-2)14(9-13)10-19(25)23-20-22-17(11-27-20)15-5-3-4-6-16(15)21/h3-9,11H,10H2,1-2H3,(H,22,23,25). The molecule has 0 radical (unpaired) electrons. The van der Waals surface area contributed by atoms with Crippen molar-refractivity contribution in [2.75, 3.05) is 12.4 Å². The Morgan fingerprint density at radius 1 is 1.22 bits per heavy atom. The first-order valence-corrected chi connectivity index (χ1v) is 9.42. The number of anilines is 1. The first kappa shape index (κ1) is 19.1. The molecule has 1 heterocycles. The molecular formula is C20H17ClN2O3S. The van der Waals surface area contributed by atoms with Gasteiger partial charge in [-0.05, 0) is 31.2 Å². The van der Waals surface area contributed by atoms with Gasteiger partial charge in [0.05, 0.1) is 19.2 Å². The van der Waals surface area contributed by atoms with E-state index in [-0.39, 0.29) is 18.1 Å². The predicted octanol–water partition coefficient (Wildman–Crippen LogP) is 4.86. The topological polar surface area (TPSA) is 68.3 Å². The van der Waals surface area contributed by atoms with Crippen LogP contribution in [-0.4, -0.2) is 23.8 Å². The summed E-state index contributed by atoms with van der Waals surface area (Å²) < 4.78 is 5.29. The quantitative estimate of drug-likeness (QED) is 0.600. The number of Topliss-reactive ketones (excluding diaryl/α,β-unsaturated/α-hetero) is 1. The molecule has 0 aliphatic carbocycles. The zero-order valence-corrected chi connectivity index (χ0v) is 16.4. The first-order valence-electron chi connectivity index (χ1n) is 8.16. The molecule has 5 nitrogen and oxygen atoms in total. The molecule has 1 aromatic heterocycles. The lowest BCUT2D eigenvalue weighted by Crippen LogP contribution is -2.15. The molecule has 3 aromatic rings. The van der Waals surface area contributed by atoms with E-state index in [9.17, 15) is 9.59 Å². The van der Waals surface area contributed by atoms with Crippen molar-refractivity contribution in [2.24, 2.45) is 0 Å². The van der Waals surface area contributed by atoms with E-state index in [1.165, 1.54) is 25.4 Å². The Hall–Kier alpha value is -2.70. The molecule has 0 bridgehead atoms. The van der Waals surface area contributed by atoms with Crippen LogP contribution in [0.3, 0.4) is 0 Å². The van der Waals surface area contributed by atoms with Gasteiger partial charge in [-0.2, -0.15) is 0 Å². The maximum absolute atomic E-state index is 12.4. The number of carbonyl (C=O) groups is 2. The van der Waals surface area contributed by atoms with Gasteiger partial charge in [-0.15, -0.1) is 11.3 Å². The molecule has 0 unspecified atom stereocenters. The number of amides is 1. The fourth-order valence-corrected chi connectivity index (χ4v) is 3.56. The van der Waals surface area contributed by atoms with Crippen molar-refractivity contribution in [3.8, 4) is 17.0 Å². The average Bonchev–Trinajstić information content (AvgIpc) is 3.10. The van der Waals surface area contributed by atoms with Crippen molar-refractivity contribution < 1.29 is 14.3 Å². The number of rotatable bonds is 6. The Morgan fingerprint density at radius 3 is 2.70 bits per heavy atom. The van der Waals surface area contributed by atoms with E-state index in [1.54, 1.807) is 24.3 Å². The Kier molecular flexibility index (Phi) is 5.88. The number of hydrogen-bond donors (Lipinski definition) is 1. The Morgan fingerprint density at radius 2 is 2.00 bits per heavy atom. The monoisotopic (exact) mass is 400 g/mol. The smallest absolute Gasteiger partial charge is 0.230 e. The molecule has 0 saturated heterocycles. The fraction of sp³-hybridized carbons (Fsp3) is 0.150.